The lowest BCUT2D eigenvalue weighted by Crippen LogP contribution is -2.65. The lowest BCUT2D eigenvalue weighted by Gasteiger charge is -2.47. The predicted molar refractivity (Wildman–Crippen MR) is 81.6 cm³/mol. The van der Waals surface area contributed by atoms with Crippen LogP contribution in [0.2, 0.25) is 12.1 Å². The Kier molecular flexibility index (Phi) is 8.48. The number of hydrogen-bond donors (Lipinski definition) is 0. The summed E-state index contributed by atoms with van der Waals surface area (Å²) in [5, 5.41) is 0. The van der Waals surface area contributed by atoms with Crippen LogP contribution in [0.25, 0.3) is 0 Å². The van der Waals surface area contributed by atoms with E-state index in [1.165, 1.54) is 0 Å². The first-order valence-electron chi connectivity index (χ1n) is 6.88. The van der Waals surface area contributed by atoms with Crippen molar-refractivity contribution in [3.05, 3.63) is 25.3 Å². The summed E-state index contributed by atoms with van der Waals surface area (Å²) < 4.78 is 5.34. The Morgan fingerprint density at radius 2 is 1.06 bits per heavy atom. The third-order valence-electron chi connectivity index (χ3n) is 3.65. The molecule has 0 spiro atoms. The van der Waals surface area contributed by atoms with E-state index in [9.17, 15) is 0 Å². The lowest BCUT2D eigenvalue weighted by molar-refractivity contribution is 0.353. The summed E-state index contributed by atoms with van der Waals surface area (Å²) in [6.07, 6.45) is 4.21. The van der Waals surface area contributed by atoms with Crippen LogP contribution in [0.4, 0.5) is 0 Å². The van der Waals surface area contributed by atoms with Crippen molar-refractivity contribution < 1.29 is 0 Å². The fourth-order valence-electron chi connectivity index (χ4n) is 2.89. The molecule has 0 heterocycles. The zero-order valence-electron chi connectivity index (χ0n) is 12.2. The summed E-state index contributed by atoms with van der Waals surface area (Å²) in [7, 11) is -1.62. The second-order valence-electron chi connectivity index (χ2n) is 4.31. The van der Waals surface area contributed by atoms with Gasteiger partial charge in [-0.1, -0.05) is 39.8 Å². The molecular formula is C14H30N2Si. The van der Waals surface area contributed by atoms with Crippen molar-refractivity contribution in [2.75, 3.05) is 26.2 Å². The van der Waals surface area contributed by atoms with Crippen LogP contribution >= 0.6 is 0 Å². The Bertz CT molecular complexity index is 196. The quantitative estimate of drug-likeness (QED) is 0.435. The molecule has 0 aromatic rings. The van der Waals surface area contributed by atoms with Gasteiger partial charge in [-0.15, -0.1) is 13.2 Å². The van der Waals surface area contributed by atoms with Crippen LogP contribution in [0, 0.1) is 0 Å². The van der Waals surface area contributed by atoms with Gasteiger partial charge in [0.25, 0.3) is 0 Å². The maximum atomic E-state index is 3.98. The zero-order valence-corrected chi connectivity index (χ0v) is 13.2. The summed E-state index contributed by atoms with van der Waals surface area (Å²) in [6, 6.07) is 2.25. The molecular weight excluding hydrogens is 224 g/mol. The van der Waals surface area contributed by atoms with Crippen LogP contribution in [0.5, 0.6) is 0 Å². The monoisotopic (exact) mass is 254 g/mol. The molecule has 0 aliphatic carbocycles. The molecule has 0 aliphatic heterocycles. The Balaban J connectivity index is 5.34. The van der Waals surface area contributed by atoms with Gasteiger partial charge in [0.1, 0.15) is 0 Å². The molecule has 0 aromatic heterocycles. The molecule has 0 aromatic carbocycles. The Morgan fingerprint density at radius 3 is 1.24 bits per heavy atom. The Labute approximate surface area is 109 Å². The first-order chi connectivity index (χ1) is 8.16. The molecule has 0 fully saturated rings. The van der Waals surface area contributed by atoms with Crippen LogP contribution in [-0.2, 0) is 0 Å². The number of allylic oxidation sites excluding steroid dienone is 2. The second-order valence-corrected chi connectivity index (χ2v) is 8.36. The van der Waals surface area contributed by atoms with E-state index in [2.05, 4.69) is 62.1 Å². The van der Waals surface area contributed by atoms with Gasteiger partial charge in [-0.2, -0.15) is 0 Å². The van der Waals surface area contributed by atoms with E-state index in [-0.39, 0.29) is 0 Å². The van der Waals surface area contributed by atoms with Gasteiger partial charge in [0.05, 0.1) is 0 Å². The van der Waals surface area contributed by atoms with Crippen molar-refractivity contribution in [2.24, 2.45) is 0 Å². The molecule has 0 rings (SSSR count). The Morgan fingerprint density at radius 1 is 0.765 bits per heavy atom. The van der Waals surface area contributed by atoms with Gasteiger partial charge in [0.15, 0.2) is 0 Å². The minimum Gasteiger partial charge on any atom is -0.312 e. The molecule has 0 radical (unpaired) electrons. The third kappa shape index (κ3) is 3.80. The maximum Gasteiger partial charge on any atom is 0.214 e. The van der Waals surface area contributed by atoms with Crippen LogP contribution in [0.1, 0.15) is 27.7 Å². The van der Waals surface area contributed by atoms with Crippen LogP contribution < -0.4 is 0 Å². The van der Waals surface area contributed by atoms with Crippen molar-refractivity contribution in [3.63, 3.8) is 0 Å². The highest BCUT2D eigenvalue weighted by atomic mass is 28.3. The molecule has 0 N–H and O–H groups in total. The summed E-state index contributed by atoms with van der Waals surface area (Å²) >= 11 is 0. The first-order valence-corrected chi connectivity index (χ1v) is 9.19. The number of nitrogens with zero attached hydrogens (tertiary/aromatic N) is 2. The third-order valence-corrected chi connectivity index (χ3v) is 9.15. The van der Waals surface area contributed by atoms with E-state index in [1.54, 1.807) is 0 Å². The van der Waals surface area contributed by atoms with E-state index < -0.39 is 8.40 Å². The standard InChI is InChI=1S/C14H30N2Si/c1-7-13-17(14-8-2,15(9-3)10-4)16(11-5)12-6/h7-8H,1-2,9-14H2,3-6H3. The van der Waals surface area contributed by atoms with Gasteiger partial charge in [-0.05, 0) is 38.3 Å². The van der Waals surface area contributed by atoms with E-state index in [4.69, 9.17) is 0 Å². The molecule has 3 heteroatoms. The van der Waals surface area contributed by atoms with Crippen molar-refractivity contribution in [3.8, 4) is 0 Å². The summed E-state index contributed by atoms with van der Waals surface area (Å²) in [4.78, 5) is 0. The van der Waals surface area contributed by atoms with E-state index in [0.29, 0.717) is 0 Å². The largest absolute Gasteiger partial charge is 0.312 e. The molecule has 2 nitrogen and oxygen atoms in total. The van der Waals surface area contributed by atoms with Gasteiger partial charge in [-0.25, -0.2) is 0 Å². The van der Waals surface area contributed by atoms with Crippen LogP contribution in [0.3, 0.4) is 0 Å². The maximum absolute atomic E-state index is 3.98. The minimum absolute atomic E-state index is 1.13. The SMILES string of the molecule is C=CC[Si](CC=C)(N(CC)CC)N(CC)CC. The highest BCUT2D eigenvalue weighted by Gasteiger charge is 2.41. The highest BCUT2D eigenvalue weighted by Crippen LogP contribution is 2.26. The molecule has 0 saturated heterocycles. The highest BCUT2D eigenvalue weighted by molar-refractivity contribution is 6.75. The van der Waals surface area contributed by atoms with Gasteiger partial charge < -0.3 is 9.13 Å². The van der Waals surface area contributed by atoms with Gasteiger partial charge in [-0.3, -0.25) is 0 Å². The van der Waals surface area contributed by atoms with E-state index >= 15 is 0 Å². The first kappa shape index (κ1) is 16.6. The summed E-state index contributed by atoms with van der Waals surface area (Å²) in [5.74, 6) is 0. The zero-order chi connectivity index (χ0) is 13.3. The average Bonchev–Trinajstić information content (AvgIpc) is 2.32. The average molecular weight is 254 g/mol. The van der Waals surface area contributed by atoms with Crippen LogP contribution in [0.15, 0.2) is 25.3 Å². The molecule has 0 unspecified atom stereocenters. The van der Waals surface area contributed by atoms with Gasteiger partial charge in [0, 0.05) is 0 Å². The van der Waals surface area contributed by atoms with Crippen molar-refractivity contribution in [1.29, 1.82) is 0 Å². The molecule has 17 heavy (non-hydrogen) atoms. The second kappa shape index (κ2) is 8.67. The molecule has 0 amide bonds. The Hall–Kier alpha value is -0.383. The predicted octanol–water partition coefficient (Wildman–Crippen LogP) is 3.48. The van der Waals surface area contributed by atoms with Gasteiger partial charge >= 0.3 is 0 Å². The van der Waals surface area contributed by atoms with Crippen molar-refractivity contribution in [2.45, 2.75) is 39.8 Å². The van der Waals surface area contributed by atoms with Crippen LogP contribution in [-0.4, -0.2) is 43.7 Å². The topological polar surface area (TPSA) is 6.48 Å². The molecule has 100 valence electrons. The minimum atomic E-state index is -1.62. The molecule has 0 saturated carbocycles. The van der Waals surface area contributed by atoms with E-state index in [1.807, 2.05) is 0 Å². The molecule has 0 bridgehead atoms. The lowest BCUT2D eigenvalue weighted by atomic mass is 10.6. The number of hydrogen-bond acceptors (Lipinski definition) is 2. The fourth-order valence-corrected chi connectivity index (χ4v) is 7.77. The molecule has 0 aliphatic rings. The van der Waals surface area contributed by atoms with Gasteiger partial charge in [0.2, 0.25) is 8.40 Å². The molecule has 0 atom stereocenters. The van der Waals surface area contributed by atoms with Crippen molar-refractivity contribution in [1.82, 2.24) is 9.13 Å². The number of rotatable bonds is 10. The van der Waals surface area contributed by atoms with E-state index in [0.717, 1.165) is 38.3 Å². The fraction of sp³-hybridized carbons (Fsp3) is 0.714. The smallest absolute Gasteiger partial charge is 0.214 e. The summed E-state index contributed by atoms with van der Waals surface area (Å²) in [6.45, 7) is 21.5. The normalized spacial score (nSPS) is 12.1. The summed E-state index contributed by atoms with van der Waals surface area (Å²) in [5.41, 5.74) is 0. The van der Waals surface area contributed by atoms with Crippen molar-refractivity contribution >= 4 is 8.40 Å².